The highest BCUT2D eigenvalue weighted by Crippen LogP contribution is 2.18. The summed E-state index contributed by atoms with van der Waals surface area (Å²) >= 11 is 0. The van der Waals surface area contributed by atoms with E-state index in [2.05, 4.69) is 16.2 Å². The maximum absolute atomic E-state index is 12.9. The molecule has 2 rings (SSSR count). The zero-order valence-corrected chi connectivity index (χ0v) is 15.8. The molecule has 0 bridgehead atoms. The number of carbonyl (C=O) groups is 3. The maximum Gasteiger partial charge on any atom is 0.261 e. The lowest BCUT2D eigenvalue weighted by atomic mass is 10.0. The van der Waals surface area contributed by atoms with Crippen LogP contribution in [0.2, 0.25) is 0 Å². The summed E-state index contributed by atoms with van der Waals surface area (Å²) in [6.45, 7) is 3.42. The quantitative estimate of drug-likeness (QED) is 0.609. The zero-order valence-electron chi connectivity index (χ0n) is 15.0. The summed E-state index contributed by atoms with van der Waals surface area (Å²) in [5, 5.41) is 2.54. The molecular weight excluding hydrogens is 377 g/mol. The van der Waals surface area contributed by atoms with Crippen molar-refractivity contribution >= 4 is 27.6 Å². The summed E-state index contributed by atoms with van der Waals surface area (Å²) in [6.07, 6.45) is 0.207. The van der Waals surface area contributed by atoms with Gasteiger partial charge in [0.1, 0.15) is 11.9 Å². The van der Waals surface area contributed by atoms with Gasteiger partial charge in [0.25, 0.3) is 11.8 Å². The molecular formula is C17H22FN3O5S. The molecule has 1 aliphatic rings. The Labute approximate surface area is 156 Å². The molecule has 0 unspecified atom stereocenters. The highest BCUT2D eigenvalue weighted by Gasteiger charge is 2.33. The van der Waals surface area contributed by atoms with Crippen LogP contribution in [0.3, 0.4) is 0 Å². The van der Waals surface area contributed by atoms with Crippen LogP contribution in [0.4, 0.5) is 4.39 Å². The van der Waals surface area contributed by atoms with Gasteiger partial charge in [-0.3, -0.25) is 25.2 Å². The van der Waals surface area contributed by atoms with Crippen LogP contribution in [-0.4, -0.2) is 43.7 Å². The molecule has 3 amide bonds. The van der Waals surface area contributed by atoms with Crippen LogP contribution >= 0.6 is 0 Å². The van der Waals surface area contributed by atoms with Crippen LogP contribution in [0.15, 0.2) is 24.3 Å². The van der Waals surface area contributed by atoms with Crippen LogP contribution < -0.4 is 16.2 Å². The fraction of sp³-hybridized carbons (Fsp3) is 0.471. The van der Waals surface area contributed by atoms with Gasteiger partial charge in [0, 0.05) is 5.56 Å². The van der Waals surface area contributed by atoms with Crippen molar-refractivity contribution in [1.29, 1.82) is 0 Å². The van der Waals surface area contributed by atoms with E-state index >= 15 is 0 Å². The highest BCUT2D eigenvalue weighted by atomic mass is 32.2. The van der Waals surface area contributed by atoms with Gasteiger partial charge >= 0.3 is 0 Å². The number of carbonyl (C=O) groups excluding carboxylic acids is 3. The minimum atomic E-state index is -3.22. The van der Waals surface area contributed by atoms with Crippen molar-refractivity contribution in [3.63, 3.8) is 0 Å². The molecule has 0 aromatic heterocycles. The van der Waals surface area contributed by atoms with E-state index in [0.29, 0.717) is 0 Å². The number of benzene rings is 1. The molecule has 27 heavy (non-hydrogen) atoms. The zero-order chi connectivity index (χ0) is 20.2. The molecule has 1 aliphatic heterocycles. The van der Waals surface area contributed by atoms with E-state index in [9.17, 15) is 27.2 Å². The Kier molecular flexibility index (Phi) is 6.53. The fourth-order valence-electron chi connectivity index (χ4n) is 2.67. The Balaban J connectivity index is 1.93. The summed E-state index contributed by atoms with van der Waals surface area (Å²) in [7, 11) is -3.22. The molecule has 1 fully saturated rings. The molecule has 1 saturated heterocycles. The minimum absolute atomic E-state index is 0.0542. The molecule has 3 N–H and O–H groups in total. The number of nitrogens with one attached hydrogen (secondary N) is 3. The smallest absolute Gasteiger partial charge is 0.261 e. The van der Waals surface area contributed by atoms with E-state index in [1.54, 1.807) is 13.8 Å². The van der Waals surface area contributed by atoms with Gasteiger partial charge in [-0.15, -0.1) is 0 Å². The van der Waals surface area contributed by atoms with E-state index < -0.39 is 45.3 Å². The molecule has 1 aromatic carbocycles. The van der Waals surface area contributed by atoms with Gasteiger partial charge < -0.3 is 5.32 Å². The second kappa shape index (κ2) is 8.47. The Morgan fingerprint density at radius 2 is 1.74 bits per heavy atom. The normalized spacial score (nSPS) is 19.3. The predicted octanol–water partition coefficient (Wildman–Crippen LogP) is 0.162. The average molecular weight is 399 g/mol. The van der Waals surface area contributed by atoms with Crippen LogP contribution in [0, 0.1) is 17.7 Å². The monoisotopic (exact) mass is 399 g/mol. The Bertz CT molecular complexity index is 823. The van der Waals surface area contributed by atoms with E-state index in [4.69, 9.17) is 0 Å². The molecule has 1 heterocycles. The summed E-state index contributed by atoms with van der Waals surface area (Å²) in [6, 6.07) is 3.91. The van der Waals surface area contributed by atoms with Gasteiger partial charge in [-0.05, 0) is 36.6 Å². The molecule has 10 heteroatoms. The summed E-state index contributed by atoms with van der Waals surface area (Å²) in [4.78, 5) is 36.6. The Hall–Kier alpha value is -2.49. The van der Waals surface area contributed by atoms with E-state index in [1.807, 2.05) is 0 Å². The number of halogens is 1. The average Bonchev–Trinajstić information content (AvgIpc) is 2.97. The molecule has 1 aromatic rings. The van der Waals surface area contributed by atoms with Crippen molar-refractivity contribution in [2.75, 3.05) is 11.5 Å². The van der Waals surface area contributed by atoms with Crippen molar-refractivity contribution in [2.24, 2.45) is 11.8 Å². The number of amides is 3. The number of hydrazine groups is 1. The summed E-state index contributed by atoms with van der Waals surface area (Å²) in [5.41, 5.74) is 4.63. The summed E-state index contributed by atoms with van der Waals surface area (Å²) in [5.74, 6) is -3.57. The number of sulfone groups is 1. The van der Waals surface area contributed by atoms with Crippen molar-refractivity contribution in [1.82, 2.24) is 16.2 Å². The van der Waals surface area contributed by atoms with Crippen LogP contribution in [-0.2, 0) is 19.4 Å². The van der Waals surface area contributed by atoms with Gasteiger partial charge in [0.15, 0.2) is 9.84 Å². The van der Waals surface area contributed by atoms with Gasteiger partial charge in [-0.2, -0.15) is 0 Å². The number of hydrogen-bond acceptors (Lipinski definition) is 5. The van der Waals surface area contributed by atoms with Crippen molar-refractivity contribution < 1.29 is 27.2 Å². The number of hydrogen-bond donors (Lipinski definition) is 3. The second-order valence-electron chi connectivity index (χ2n) is 6.78. The first kappa shape index (κ1) is 20.8. The molecule has 0 radical (unpaired) electrons. The largest absolute Gasteiger partial charge is 0.340 e. The molecule has 8 nitrogen and oxygen atoms in total. The Morgan fingerprint density at radius 1 is 1.11 bits per heavy atom. The first-order valence-electron chi connectivity index (χ1n) is 8.45. The van der Waals surface area contributed by atoms with Gasteiger partial charge in [-0.1, -0.05) is 13.8 Å². The third kappa shape index (κ3) is 5.75. The second-order valence-corrected chi connectivity index (χ2v) is 9.01. The Morgan fingerprint density at radius 3 is 2.26 bits per heavy atom. The maximum atomic E-state index is 12.9. The van der Waals surface area contributed by atoms with E-state index in [1.165, 1.54) is 12.1 Å². The predicted molar refractivity (Wildman–Crippen MR) is 95.5 cm³/mol. The summed E-state index contributed by atoms with van der Waals surface area (Å²) < 4.78 is 35.8. The van der Waals surface area contributed by atoms with Gasteiger partial charge in [-0.25, -0.2) is 12.8 Å². The third-order valence-corrected chi connectivity index (χ3v) is 6.02. The standard InChI is InChI=1S/C17H22FN3O5S/c1-10(2)14(19-15(22)11-3-5-13(18)6-4-11)17(24)21-20-16(23)12-7-8-27(25,26)9-12/h3-6,10,12,14H,7-9H2,1-2H3,(H,19,22)(H,20,23)(H,21,24)/t12-,14-/m0/s1. The molecule has 2 atom stereocenters. The molecule has 148 valence electrons. The van der Waals surface area contributed by atoms with Crippen LogP contribution in [0.25, 0.3) is 0 Å². The fourth-order valence-corrected chi connectivity index (χ4v) is 4.41. The molecule has 0 aliphatic carbocycles. The van der Waals surface area contributed by atoms with Gasteiger partial charge in [0.2, 0.25) is 5.91 Å². The minimum Gasteiger partial charge on any atom is -0.340 e. The van der Waals surface area contributed by atoms with Crippen LogP contribution in [0.1, 0.15) is 30.6 Å². The van der Waals surface area contributed by atoms with E-state index in [-0.39, 0.29) is 29.4 Å². The highest BCUT2D eigenvalue weighted by molar-refractivity contribution is 7.91. The molecule has 0 saturated carbocycles. The first-order chi connectivity index (χ1) is 12.6. The van der Waals surface area contributed by atoms with Gasteiger partial charge in [0.05, 0.1) is 17.4 Å². The van der Waals surface area contributed by atoms with Crippen LogP contribution in [0.5, 0.6) is 0 Å². The first-order valence-corrected chi connectivity index (χ1v) is 10.3. The topological polar surface area (TPSA) is 121 Å². The van der Waals surface area contributed by atoms with Crippen molar-refractivity contribution in [2.45, 2.75) is 26.3 Å². The lowest BCUT2D eigenvalue weighted by Gasteiger charge is -2.22. The number of rotatable bonds is 5. The SMILES string of the molecule is CC(C)[C@H](NC(=O)c1ccc(F)cc1)C(=O)NNC(=O)[C@H]1CCS(=O)(=O)C1. The lowest BCUT2D eigenvalue weighted by molar-refractivity contribution is -0.132. The molecule has 0 spiro atoms. The van der Waals surface area contributed by atoms with E-state index in [0.717, 1.165) is 12.1 Å². The third-order valence-electron chi connectivity index (χ3n) is 4.25. The van der Waals surface area contributed by atoms with Crippen molar-refractivity contribution in [3.05, 3.63) is 35.6 Å². The van der Waals surface area contributed by atoms with Crippen molar-refractivity contribution in [3.8, 4) is 0 Å². The lowest BCUT2D eigenvalue weighted by Crippen LogP contribution is -2.55.